The van der Waals surface area contributed by atoms with E-state index in [-0.39, 0.29) is 11.0 Å². The first-order valence-corrected chi connectivity index (χ1v) is 8.79. The van der Waals surface area contributed by atoms with Crippen LogP contribution in [-0.4, -0.2) is 5.60 Å². The van der Waals surface area contributed by atoms with Crippen LogP contribution in [0.2, 0.25) is 0 Å². The molecule has 0 spiro atoms. The first-order chi connectivity index (χ1) is 9.85. The number of alkyl halides is 1. The van der Waals surface area contributed by atoms with Gasteiger partial charge in [0.2, 0.25) is 0 Å². The van der Waals surface area contributed by atoms with Gasteiger partial charge in [-0.2, -0.15) is 0 Å². The van der Waals surface area contributed by atoms with Crippen LogP contribution in [0.25, 0.3) is 0 Å². The molecule has 1 heterocycles. The highest BCUT2D eigenvalue weighted by molar-refractivity contribution is 9.11. The predicted molar refractivity (Wildman–Crippen MR) is 94.4 cm³/mol. The van der Waals surface area contributed by atoms with Crippen LogP contribution in [0.4, 0.5) is 0 Å². The van der Waals surface area contributed by atoms with E-state index in [0.29, 0.717) is 0 Å². The fraction of sp³-hybridized carbons (Fsp3) is 0.294. The number of fused-ring (bicyclic) bond motifs is 1. The second kappa shape index (κ2) is 5.60. The second-order valence-corrected chi connectivity index (χ2v) is 8.14. The number of hydrogen-bond acceptors (Lipinski definition) is 1. The molecule has 21 heavy (non-hydrogen) atoms. The van der Waals surface area contributed by atoms with Gasteiger partial charge in [-0.1, -0.05) is 50.1 Å². The van der Waals surface area contributed by atoms with Crippen LogP contribution < -0.4 is 4.74 Å². The summed E-state index contributed by atoms with van der Waals surface area (Å²) in [5.74, 6) is 0.975. The molecule has 1 unspecified atom stereocenters. The Morgan fingerprint density at radius 1 is 1.14 bits per heavy atom. The fourth-order valence-electron chi connectivity index (χ4n) is 2.67. The SMILES string of the molecule is CC1(C)Cc2cc(C(Cl)c3ccc(Br)cc3Br)ccc2O1. The molecule has 0 aliphatic carbocycles. The van der Waals surface area contributed by atoms with Crippen molar-refractivity contribution < 1.29 is 4.74 Å². The topological polar surface area (TPSA) is 9.23 Å². The standard InChI is InChI=1S/C17H15Br2ClO/c1-17(2)9-11-7-10(3-6-15(11)21-17)16(20)13-5-4-12(18)8-14(13)19/h3-8,16H,9H2,1-2H3. The van der Waals surface area contributed by atoms with Gasteiger partial charge >= 0.3 is 0 Å². The molecule has 0 fully saturated rings. The van der Waals surface area contributed by atoms with E-state index in [1.54, 1.807) is 0 Å². The van der Waals surface area contributed by atoms with Crippen LogP contribution in [0, 0.1) is 0 Å². The lowest BCUT2D eigenvalue weighted by molar-refractivity contribution is 0.138. The van der Waals surface area contributed by atoms with Gasteiger partial charge in [0.05, 0.1) is 5.38 Å². The van der Waals surface area contributed by atoms with Gasteiger partial charge in [0.1, 0.15) is 11.4 Å². The molecule has 2 aromatic carbocycles. The molecule has 0 radical (unpaired) electrons. The molecule has 1 aliphatic rings. The summed E-state index contributed by atoms with van der Waals surface area (Å²) in [6, 6.07) is 12.3. The molecular formula is C17H15Br2ClO. The quantitative estimate of drug-likeness (QED) is 0.512. The average molecular weight is 431 g/mol. The molecule has 110 valence electrons. The molecule has 2 aromatic rings. The molecule has 0 aromatic heterocycles. The minimum atomic E-state index is -0.179. The lowest BCUT2D eigenvalue weighted by atomic mass is 9.97. The highest BCUT2D eigenvalue weighted by Crippen LogP contribution is 2.40. The van der Waals surface area contributed by atoms with E-state index in [1.165, 1.54) is 5.56 Å². The third-order valence-corrected chi connectivity index (χ3v) is 5.28. The van der Waals surface area contributed by atoms with E-state index in [0.717, 1.165) is 32.2 Å². The van der Waals surface area contributed by atoms with Crippen molar-refractivity contribution in [1.82, 2.24) is 0 Å². The monoisotopic (exact) mass is 428 g/mol. The van der Waals surface area contributed by atoms with Crippen LogP contribution in [0.15, 0.2) is 45.3 Å². The van der Waals surface area contributed by atoms with Crippen LogP contribution in [0.5, 0.6) is 5.75 Å². The van der Waals surface area contributed by atoms with Crippen molar-refractivity contribution in [3.63, 3.8) is 0 Å². The third-order valence-electron chi connectivity index (χ3n) is 3.62. The van der Waals surface area contributed by atoms with Gasteiger partial charge in [-0.25, -0.2) is 0 Å². The van der Waals surface area contributed by atoms with Crippen LogP contribution in [0.3, 0.4) is 0 Å². The molecule has 1 aliphatic heterocycles. The molecule has 1 nitrogen and oxygen atoms in total. The Labute approximate surface area is 146 Å². The van der Waals surface area contributed by atoms with Crippen LogP contribution in [0.1, 0.15) is 35.9 Å². The number of halogens is 3. The molecule has 0 amide bonds. The van der Waals surface area contributed by atoms with Crippen molar-refractivity contribution in [3.05, 3.63) is 62.0 Å². The lowest BCUT2D eigenvalue weighted by Gasteiger charge is -2.16. The van der Waals surface area contributed by atoms with Gasteiger partial charge < -0.3 is 4.74 Å². The number of rotatable bonds is 2. The van der Waals surface area contributed by atoms with Crippen LogP contribution in [-0.2, 0) is 6.42 Å². The van der Waals surface area contributed by atoms with Gasteiger partial charge in [0.15, 0.2) is 0 Å². The van der Waals surface area contributed by atoms with Gasteiger partial charge in [0, 0.05) is 15.4 Å². The van der Waals surface area contributed by atoms with E-state index < -0.39 is 0 Å². The summed E-state index contributed by atoms with van der Waals surface area (Å²) in [5, 5.41) is -0.179. The summed E-state index contributed by atoms with van der Waals surface area (Å²) in [6.07, 6.45) is 0.918. The molecule has 0 bridgehead atoms. The lowest BCUT2D eigenvalue weighted by Crippen LogP contribution is -2.24. The van der Waals surface area contributed by atoms with Gasteiger partial charge in [0.25, 0.3) is 0 Å². The third kappa shape index (κ3) is 3.15. The molecule has 4 heteroatoms. The molecule has 0 N–H and O–H groups in total. The maximum Gasteiger partial charge on any atom is 0.123 e. The molecule has 0 saturated heterocycles. The first-order valence-electron chi connectivity index (χ1n) is 6.76. The maximum atomic E-state index is 6.68. The Kier molecular flexibility index (Phi) is 4.10. The Hall–Kier alpha value is -0.510. The Morgan fingerprint density at radius 3 is 2.62 bits per heavy atom. The second-order valence-electron chi connectivity index (χ2n) is 5.93. The summed E-state index contributed by atoms with van der Waals surface area (Å²) in [5.41, 5.74) is 3.27. The highest BCUT2D eigenvalue weighted by Gasteiger charge is 2.30. The van der Waals surface area contributed by atoms with Crippen molar-refractivity contribution in [2.75, 3.05) is 0 Å². The summed E-state index contributed by atoms with van der Waals surface area (Å²) in [6.45, 7) is 4.21. The van der Waals surface area contributed by atoms with E-state index in [9.17, 15) is 0 Å². The fourth-order valence-corrected chi connectivity index (χ4v) is 4.41. The maximum absolute atomic E-state index is 6.68. The Balaban J connectivity index is 1.95. The molecule has 1 atom stereocenters. The zero-order valence-corrected chi connectivity index (χ0v) is 15.7. The van der Waals surface area contributed by atoms with E-state index in [4.69, 9.17) is 16.3 Å². The van der Waals surface area contributed by atoms with Gasteiger partial charge in [-0.15, -0.1) is 11.6 Å². The molecular weight excluding hydrogens is 415 g/mol. The zero-order chi connectivity index (χ0) is 15.2. The van der Waals surface area contributed by atoms with E-state index >= 15 is 0 Å². The Morgan fingerprint density at radius 2 is 1.90 bits per heavy atom. The summed E-state index contributed by atoms with van der Waals surface area (Å²) in [7, 11) is 0. The van der Waals surface area contributed by atoms with Crippen molar-refractivity contribution in [1.29, 1.82) is 0 Å². The van der Waals surface area contributed by atoms with Gasteiger partial charge in [-0.3, -0.25) is 0 Å². The van der Waals surface area contributed by atoms with Crippen molar-refractivity contribution in [2.24, 2.45) is 0 Å². The van der Waals surface area contributed by atoms with Crippen LogP contribution >= 0.6 is 43.5 Å². The van der Waals surface area contributed by atoms with Gasteiger partial charge in [-0.05, 0) is 48.7 Å². The van der Waals surface area contributed by atoms with E-state index in [1.807, 2.05) is 30.3 Å². The zero-order valence-electron chi connectivity index (χ0n) is 11.8. The number of hydrogen-bond donors (Lipinski definition) is 0. The summed E-state index contributed by atoms with van der Waals surface area (Å²) >= 11 is 13.7. The minimum Gasteiger partial charge on any atom is -0.487 e. The number of ether oxygens (including phenoxy) is 1. The van der Waals surface area contributed by atoms with Crippen molar-refractivity contribution >= 4 is 43.5 Å². The summed E-state index contributed by atoms with van der Waals surface area (Å²) < 4.78 is 7.96. The Bertz CT molecular complexity index is 697. The van der Waals surface area contributed by atoms with E-state index in [2.05, 4.69) is 51.8 Å². The number of benzene rings is 2. The average Bonchev–Trinajstić information content (AvgIpc) is 2.70. The normalized spacial score (nSPS) is 17.2. The molecule has 0 saturated carbocycles. The van der Waals surface area contributed by atoms with Crippen molar-refractivity contribution in [2.45, 2.75) is 31.2 Å². The largest absolute Gasteiger partial charge is 0.487 e. The summed E-state index contributed by atoms with van der Waals surface area (Å²) in [4.78, 5) is 0. The molecule has 3 rings (SSSR count). The smallest absolute Gasteiger partial charge is 0.123 e. The first kappa shape index (κ1) is 15.4. The van der Waals surface area contributed by atoms with Crippen molar-refractivity contribution in [3.8, 4) is 5.75 Å². The highest BCUT2D eigenvalue weighted by atomic mass is 79.9. The predicted octanol–water partition coefficient (Wildman–Crippen LogP) is 6.25. The minimum absolute atomic E-state index is 0.124.